The standard InChI is InChI=1S/C18H21FN4O3/c1-22(2)13-4-3-9-23-16(13)21-14(15(24)18(23)26)17(25)20-10-11-5-7-12(19)8-6-11/h5-8,13-14H,3-4,9-10H2,1-2H3,(H,20,25). The third-order valence-electron chi connectivity index (χ3n) is 4.65. The zero-order valence-electron chi connectivity index (χ0n) is 14.7. The van der Waals surface area contributed by atoms with Crippen LogP contribution < -0.4 is 5.32 Å². The molecule has 2 unspecified atom stereocenters. The maximum absolute atomic E-state index is 12.9. The molecule has 2 aliphatic heterocycles. The largest absolute Gasteiger partial charge is 0.350 e. The molecule has 0 aliphatic carbocycles. The molecule has 2 atom stereocenters. The summed E-state index contributed by atoms with van der Waals surface area (Å²) in [5, 5.41) is 2.61. The number of halogens is 1. The van der Waals surface area contributed by atoms with E-state index in [2.05, 4.69) is 10.3 Å². The van der Waals surface area contributed by atoms with Crippen molar-refractivity contribution in [2.45, 2.75) is 31.5 Å². The number of nitrogens with one attached hydrogen (secondary N) is 1. The van der Waals surface area contributed by atoms with Crippen LogP contribution in [0.4, 0.5) is 4.39 Å². The smallest absolute Gasteiger partial charge is 0.298 e. The average Bonchev–Trinajstić information content (AvgIpc) is 2.63. The fourth-order valence-electron chi connectivity index (χ4n) is 3.22. The fourth-order valence-corrected chi connectivity index (χ4v) is 3.22. The predicted molar refractivity (Wildman–Crippen MR) is 92.9 cm³/mol. The molecule has 0 saturated carbocycles. The highest BCUT2D eigenvalue weighted by molar-refractivity contribution is 6.46. The van der Waals surface area contributed by atoms with E-state index in [1.807, 2.05) is 19.0 Å². The van der Waals surface area contributed by atoms with Crippen molar-refractivity contribution in [1.29, 1.82) is 0 Å². The Balaban J connectivity index is 1.77. The van der Waals surface area contributed by atoms with Crippen LogP contribution in [-0.2, 0) is 20.9 Å². The van der Waals surface area contributed by atoms with Gasteiger partial charge in [0, 0.05) is 13.1 Å². The van der Waals surface area contributed by atoms with Gasteiger partial charge in [0.1, 0.15) is 11.7 Å². The van der Waals surface area contributed by atoms with E-state index in [1.165, 1.54) is 17.0 Å². The van der Waals surface area contributed by atoms with Gasteiger partial charge >= 0.3 is 0 Å². The quantitative estimate of drug-likeness (QED) is 0.620. The van der Waals surface area contributed by atoms with Gasteiger partial charge in [-0.15, -0.1) is 0 Å². The number of hydrogen-bond acceptors (Lipinski definition) is 5. The van der Waals surface area contributed by atoms with Gasteiger partial charge in [-0.1, -0.05) is 12.1 Å². The molecule has 0 aromatic heterocycles. The van der Waals surface area contributed by atoms with Crippen molar-refractivity contribution in [1.82, 2.24) is 15.1 Å². The third-order valence-corrected chi connectivity index (χ3v) is 4.65. The number of nitrogens with zero attached hydrogens (tertiary/aromatic N) is 3. The van der Waals surface area contributed by atoms with Gasteiger partial charge in [-0.25, -0.2) is 9.38 Å². The van der Waals surface area contributed by atoms with Crippen molar-refractivity contribution in [3.8, 4) is 0 Å². The summed E-state index contributed by atoms with van der Waals surface area (Å²) in [6.07, 6.45) is 1.59. The molecule has 1 saturated heterocycles. The van der Waals surface area contributed by atoms with Crippen LogP contribution in [0.25, 0.3) is 0 Å². The van der Waals surface area contributed by atoms with E-state index >= 15 is 0 Å². The van der Waals surface area contributed by atoms with Gasteiger partial charge in [-0.3, -0.25) is 24.2 Å². The number of carbonyl (C=O) groups is 3. The maximum atomic E-state index is 12.9. The van der Waals surface area contributed by atoms with Gasteiger partial charge < -0.3 is 5.32 Å². The van der Waals surface area contributed by atoms with Crippen molar-refractivity contribution >= 4 is 23.4 Å². The molecule has 0 spiro atoms. The zero-order chi connectivity index (χ0) is 18.8. The Morgan fingerprint density at radius 3 is 2.65 bits per heavy atom. The van der Waals surface area contributed by atoms with Crippen LogP contribution in [0.1, 0.15) is 18.4 Å². The monoisotopic (exact) mass is 360 g/mol. The summed E-state index contributed by atoms with van der Waals surface area (Å²) in [4.78, 5) is 44.8. The lowest BCUT2D eigenvalue weighted by Gasteiger charge is -2.40. The van der Waals surface area contributed by atoms with E-state index in [0.29, 0.717) is 17.9 Å². The number of ketones is 1. The zero-order valence-corrected chi connectivity index (χ0v) is 14.7. The summed E-state index contributed by atoms with van der Waals surface area (Å²) >= 11 is 0. The van der Waals surface area contributed by atoms with E-state index in [-0.39, 0.29) is 18.4 Å². The first kappa shape index (κ1) is 18.2. The molecule has 1 aromatic rings. The molecule has 1 N–H and O–H groups in total. The molecule has 8 heteroatoms. The summed E-state index contributed by atoms with van der Waals surface area (Å²) < 4.78 is 12.9. The minimum atomic E-state index is -1.37. The van der Waals surface area contributed by atoms with Gasteiger partial charge in [0.05, 0.1) is 6.04 Å². The number of hydrogen-bond donors (Lipinski definition) is 1. The van der Waals surface area contributed by atoms with E-state index in [9.17, 15) is 18.8 Å². The second-order valence-corrected chi connectivity index (χ2v) is 6.68. The Labute approximate surface area is 150 Å². The summed E-state index contributed by atoms with van der Waals surface area (Å²) in [7, 11) is 3.75. The number of aliphatic imine (C=N–C) groups is 1. The maximum Gasteiger partial charge on any atom is 0.298 e. The average molecular weight is 360 g/mol. The first-order valence-corrected chi connectivity index (χ1v) is 8.50. The summed E-state index contributed by atoms with van der Waals surface area (Å²) in [5.41, 5.74) is 0.687. The lowest BCUT2D eigenvalue weighted by molar-refractivity contribution is -0.146. The predicted octanol–water partition coefficient (Wildman–Crippen LogP) is 0.344. The van der Waals surface area contributed by atoms with E-state index in [1.54, 1.807) is 12.1 Å². The molecule has 138 valence electrons. The number of carbonyl (C=O) groups excluding carboxylic acids is 3. The summed E-state index contributed by atoms with van der Waals surface area (Å²) in [6, 6.07) is 4.19. The summed E-state index contributed by atoms with van der Waals surface area (Å²) in [5.74, 6) is -2.00. The van der Waals surface area contributed by atoms with Crippen molar-refractivity contribution in [2.75, 3.05) is 20.6 Å². The van der Waals surface area contributed by atoms with Gasteiger partial charge in [0.25, 0.3) is 17.6 Å². The van der Waals surface area contributed by atoms with E-state index < -0.39 is 23.6 Å². The highest BCUT2D eigenvalue weighted by Crippen LogP contribution is 2.22. The van der Waals surface area contributed by atoms with E-state index in [0.717, 1.165) is 12.8 Å². The van der Waals surface area contributed by atoms with Crippen LogP contribution in [-0.4, -0.2) is 66.0 Å². The molecular weight excluding hydrogens is 339 g/mol. The number of likely N-dealkylation sites (N-methyl/N-ethyl adjacent to an activating group) is 1. The molecule has 2 heterocycles. The van der Waals surface area contributed by atoms with Crippen molar-refractivity contribution in [3.63, 3.8) is 0 Å². The van der Waals surface area contributed by atoms with Crippen molar-refractivity contribution in [2.24, 2.45) is 4.99 Å². The fraction of sp³-hybridized carbons (Fsp3) is 0.444. The highest BCUT2D eigenvalue weighted by Gasteiger charge is 2.44. The van der Waals surface area contributed by atoms with Gasteiger partial charge in [-0.05, 0) is 44.6 Å². The molecule has 3 rings (SSSR count). The minimum absolute atomic E-state index is 0.104. The Hall–Kier alpha value is -2.61. The van der Waals surface area contributed by atoms with Crippen molar-refractivity contribution < 1.29 is 18.8 Å². The van der Waals surface area contributed by atoms with Crippen LogP contribution >= 0.6 is 0 Å². The first-order valence-electron chi connectivity index (χ1n) is 8.50. The first-order chi connectivity index (χ1) is 12.4. The Kier molecular flexibility index (Phi) is 5.13. The molecule has 1 fully saturated rings. The molecule has 7 nitrogen and oxygen atoms in total. The number of benzene rings is 1. The third kappa shape index (κ3) is 3.50. The summed E-state index contributed by atoms with van der Waals surface area (Å²) in [6.45, 7) is 0.570. The number of rotatable bonds is 4. The number of Topliss-reactive ketones (excluding diaryl/α,β-unsaturated/α-hetero) is 1. The molecule has 2 amide bonds. The second-order valence-electron chi connectivity index (χ2n) is 6.68. The molecule has 26 heavy (non-hydrogen) atoms. The second kappa shape index (κ2) is 7.33. The Morgan fingerprint density at radius 2 is 2.00 bits per heavy atom. The lowest BCUT2D eigenvalue weighted by atomic mass is 9.98. The molecule has 1 aromatic carbocycles. The number of amidine groups is 1. The van der Waals surface area contributed by atoms with Gasteiger partial charge in [-0.2, -0.15) is 0 Å². The topological polar surface area (TPSA) is 82.1 Å². The Bertz CT molecular complexity index is 760. The number of fused-ring (bicyclic) bond motifs is 1. The molecular formula is C18H21FN4O3. The number of piperidine rings is 1. The Morgan fingerprint density at radius 1 is 1.31 bits per heavy atom. The normalized spacial score (nSPS) is 22.9. The SMILES string of the molecule is CN(C)C1CCCN2C(=O)C(=O)C(C(=O)NCc3ccc(F)cc3)N=C12. The van der Waals surface area contributed by atoms with Crippen LogP contribution in [0.3, 0.4) is 0 Å². The number of amides is 2. The molecule has 0 radical (unpaired) electrons. The van der Waals surface area contributed by atoms with Gasteiger partial charge in [0.2, 0.25) is 0 Å². The lowest BCUT2D eigenvalue weighted by Crippen LogP contribution is -2.60. The van der Waals surface area contributed by atoms with Gasteiger partial charge in [0.15, 0.2) is 6.04 Å². The van der Waals surface area contributed by atoms with Crippen LogP contribution in [0.5, 0.6) is 0 Å². The molecule has 2 aliphatic rings. The van der Waals surface area contributed by atoms with Crippen LogP contribution in [0.15, 0.2) is 29.3 Å². The highest BCUT2D eigenvalue weighted by atomic mass is 19.1. The van der Waals surface area contributed by atoms with Crippen LogP contribution in [0.2, 0.25) is 0 Å². The molecule has 0 bridgehead atoms. The van der Waals surface area contributed by atoms with Crippen molar-refractivity contribution in [3.05, 3.63) is 35.6 Å². The minimum Gasteiger partial charge on any atom is -0.350 e. The van der Waals surface area contributed by atoms with Crippen LogP contribution in [0, 0.1) is 5.82 Å². The van der Waals surface area contributed by atoms with E-state index in [4.69, 9.17) is 0 Å².